The molecule has 7 nitrogen and oxygen atoms in total. The van der Waals surface area contributed by atoms with Gasteiger partial charge in [-0.25, -0.2) is 13.1 Å². The quantitative estimate of drug-likeness (QED) is 0.726. The number of benzene rings is 1. The van der Waals surface area contributed by atoms with Gasteiger partial charge in [-0.05, 0) is 55.6 Å². The summed E-state index contributed by atoms with van der Waals surface area (Å²) in [5, 5.41) is 0. The number of methoxy groups -OCH3 is 2. The second-order valence-electron chi connectivity index (χ2n) is 6.95. The van der Waals surface area contributed by atoms with Crippen molar-refractivity contribution in [2.75, 3.05) is 33.9 Å². The molecule has 0 aliphatic carbocycles. The first kappa shape index (κ1) is 20.6. The molecule has 0 amide bonds. The second-order valence-corrected chi connectivity index (χ2v) is 8.72. The number of pyridine rings is 1. The number of sulfonamides is 1. The van der Waals surface area contributed by atoms with Gasteiger partial charge in [-0.1, -0.05) is 6.07 Å². The molecule has 2 heterocycles. The van der Waals surface area contributed by atoms with Gasteiger partial charge in [0, 0.05) is 31.5 Å². The Kier molecular flexibility index (Phi) is 6.88. The fourth-order valence-electron chi connectivity index (χ4n) is 3.39. The molecule has 0 radical (unpaired) electrons. The molecule has 0 spiro atoms. The predicted molar refractivity (Wildman–Crippen MR) is 107 cm³/mol. The van der Waals surface area contributed by atoms with Gasteiger partial charge in [0.2, 0.25) is 10.0 Å². The standard InChI is InChI=1S/C20H27N3O4S/c1-26-19-6-5-18(12-20(19)27-2)28(24,25)22-14-16-7-10-23(11-8-16)15-17-4-3-9-21-13-17/h3-6,9,12-13,16,22H,7-8,10-11,14-15H2,1-2H3. The van der Waals surface area contributed by atoms with Gasteiger partial charge in [-0.2, -0.15) is 0 Å². The van der Waals surface area contributed by atoms with Crippen LogP contribution in [0.5, 0.6) is 11.5 Å². The van der Waals surface area contributed by atoms with Gasteiger partial charge in [0.05, 0.1) is 19.1 Å². The largest absolute Gasteiger partial charge is 0.493 e. The van der Waals surface area contributed by atoms with E-state index in [-0.39, 0.29) is 4.90 Å². The number of piperidine rings is 1. The van der Waals surface area contributed by atoms with Gasteiger partial charge >= 0.3 is 0 Å². The highest BCUT2D eigenvalue weighted by atomic mass is 32.2. The van der Waals surface area contributed by atoms with E-state index in [1.165, 1.54) is 31.9 Å². The van der Waals surface area contributed by atoms with E-state index in [0.717, 1.165) is 32.5 Å². The van der Waals surface area contributed by atoms with Crippen LogP contribution in [0, 0.1) is 5.92 Å². The van der Waals surface area contributed by atoms with Crippen LogP contribution < -0.4 is 14.2 Å². The van der Waals surface area contributed by atoms with Crippen LogP contribution in [0.25, 0.3) is 0 Å². The van der Waals surface area contributed by atoms with Crippen LogP contribution in [-0.2, 0) is 16.6 Å². The van der Waals surface area contributed by atoms with Crippen molar-refractivity contribution >= 4 is 10.0 Å². The lowest BCUT2D eigenvalue weighted by molar-refractivity contribution is 0.178. The summed E-state index contributed by atoms with van der Waals surface area (Å²) >= 11 is 0. The number of hydrogen-bond acceptors (Lipinski definition) is 6. The molecule has 28 heavy (non-hydrogen) atoms. The number of hydrogen-bond donors (Lipinski definition) is 1. The van der Waals surface area contributed by atoms with Crippen molar-refractivity contribution in [3.63, 3.8) is 0 Å². The molecule has 1 aromatic heterocycles. The molecule has 0 unspecified atom stereocenters. The van der Waals surface area contributed by atoms with Gasteiger partial charge in [-0.3, -0.25) is 9.88 Å². The average Bonchev–Trinajstić information content (AvgIpc) is 2.73. The molecule has 1 N–H and O–H groups in total. The minimum Gasteiger partial charge on any atom is -0.493 e. The smallest absolute Gasteiger partial charge is 0.240 e. The normalized spacial score (nSPS) is 16.1. The zero-order chi connectivity index (χ0) is 20.0. The first-order valence-corrected chi connectivity index (χ1v) is 10.8. The van der Waals surface area contributed by atoms with Crippen molar-refractivity contribution in [3.05, 3.63) is 48.3 Å². The summed E-state index contributed by atoms with van der Waals surface area (Å²) in [4.78, 5) is 6.72. The zero-order valence-electron chi connectivity index (χ0n) is 16.3. The van der Waals surface area contributed by atoms with Crippen molar-refractivity contribution in [2.45, 2.75) is 24.3 Å². The van der Waals surface area contributed by atoms with Crippen LogP contribution >= 0.6 is 0 Å². The molecule has 152 valence electrons. The van der Waals surface area contributed by atoms with E-state index in [0.29, 0.717) is 24.0 Å². The minimum absolute atomic E-state index is 0.180. The Bertz CT molecular complexity index is 866. The monoisotopic (exact) mass is 405 g/mol. The summed E-state index contributed by atoms with van der Waals surface area (Å²) < 4.78 is 38.4. The lowest BCUT2D eigenvalue weighted by Crippen LogP contribution is -2.38. The Morgan fingerprint density at radius 1 is 1.14 bits per heavy atom. The molecule has 1 aliphatic rings. The van der Waals surface area contributed by atoms with E-state index in [4.69, 9.17) is 9.47 Å². The lowest BCUT2D eigenvalue weighted by atomic mass is 9.97. The summed E-state index contributed by atoms with van der Waals surface area (Å²) in [7, 11) is -0.581. The highest BCUT2D eigenvalue weighted by Gasteiger charge is 2.23. The molecule has 1 aromatic carbocycles. The second kappa shape index (κ2) is 9.36. The van der Waals surface area contributed by atoms with Crippen LogP contribution in [0.4, 0.5) is 0 Å². The highest BCUT2D eigenvalue weighted by molar-refractivity contribution is 7.89. The summed E-state index contributed by atoms with van der Waals surface area (Å²) in [5.41, 5.74) is 1.20. The Balaban J connectivity index is 1.52. The maximum absolute atomic E-state index is 12.6. The molecule has 2 aromatic rings. The van der Waals surface area contributed by atoms with E-state index in [9.17, 15) is 8.42 Å². The molecule has 1 saturated heterocycles. The van der Waals surface area contributed by atoms with Gasteiger partial charge in [0.15, 0.2) is 11.5 Å². The Morgan fingerprint density at radius 2 is 1.89 bits per heavy atom. The average molecular weight is 406 g/mol. The predicted octanol–water partition coefficient (Wildman–Crippen LogP) is 2.29. The van der Waals surface area contributed by atoms with E-state index >= 15 is 0 Å². The van der Waals surface area contributed by atoms with E-state index in [1.54, 1.807) is 12.3 Å². The third kappa shape index (κ3) is 5.21. The number of ether oxygens (including phenoxy) is 2. The number of rotatable bonds is 8. The summed E-state index contributed by atoms with van der Waals surface area (Å²) in [6.45, 7) is 3.24. The maximum atomic E-state index is 12.6. The molecule has 0 bridgehead atoms. The molecule has 0 atom stereocenters. The first-order valence-electron chi connectivity index (χ1n) is 9.35. The van der Waals surface area contributed by atoms with Crippen molar-refractivity contribution in [1.29, 1.82) is 0 Å². The van der Waals surface area contributed by atoms with E-state index in [2.05, 4.69) is 20.7 Å². The van der Waals surface area contributed by atoms with Crippen molar-refractivity contribution in [1.82, 2.24) is 14.6 Å². The van der Waals surface area contributed by atoms with Crippen molar-refractivity contribution in [3.8, 4) is 11.5 Å². The minimum atomic E-state index is -3.59. The lowest BCUT2D eigenvalue weighted by Gasteiger charge is -2.31. The molecule has 8 heteroatoms. The van der Waals surface area contributed by atoms with Crippen LogP contribution in [0.1, 0.15) is 18.4 Å². The molecular formula is C20H27N3O4S. The van der Waals surface area contributed by atoms with E-state index < -0.39 is 10.0 Å². The summed E-state index contributed by atoms with van der Waals surface area (Å²) in [6.07, 6.45) is 5.60. The van der Waals surface area contributed by atoms with Gasteiger partial charge < -0.3 is 9.47 Å². The van der Waals surface area contributed by atoms with Crippen LogP contribution in [-0.4, -0.2) is 52.2 Å². The van der Waals surface area contributed by atoms with Crippen LogP contribution in [0.15, 0.2) is 47.6 Å². The maximum Gasteiger partial charge on any atom is 0.240 e. The zero-order valence-corrected chi connectivity index (χ0v) is 17.1. The van der Waals surface area contributed by atoms with E-state index in [1.807, 2.05) is 12.3 Å². The molecular weight excluding hydrogens is 378 g/mol. The third-order valence-electron chi connectivity index (χ3n) is 5.06. The molecule has 1 fully saturated rings. The fraction of sp³-hybridized carbons (Fsp3) is 0.450. The topological polar surface area (TPSA) is 80.8 Å². The Hall–Kier alpha value is -2.16. The molecule has 1 aliphatic heterocycles. The summed E-state index contributed by atoms with van der Waals surface area (Å²) in [6, 6.07) is 8.64. The van der Waals surface area contributed by atoms with Crippen molar-refractivity contribution in [2.24, 2.45) is 5.92 Å². The summed E-state index contributed by atoms with van der Waals surface area (Å²) in [5.74, 6) is 1.23. The third-order valence-corrected chi connectivity index (χ3v) is 6.48. The van der Waals surface area contributed by atoms with Crippen LogP contribution in [0.2, 0.25) is 0 Å². The van der Waals surface area contributed by atoms with Crippen LogP contribution in [0.3, 0.4) is 0 Å². The van der Waals surface area contributed by atoms with Gasteiger partial charge in [-0.15, -0.1) is 0 Å². The first-order chi connectivity index (χ1) is 13.5. The van der Waals surface area contributed by atoms with Crippen molar-refractivity contribution < 1.29 is 17.9 Å². The number of likely N-dealkylation sites (tertiary alicyclic amines) is 1. The Labute approximate surface area is 166 Å². The number of aromatic nitrogens is 1. The highest BCUT2D eigenvalue weighted by Crippen LogP contribution is 2.29. The number of nitrogens with one attached hydrogen (secondary N) is 1. The van der Waals surface area contributed by atoms with Gasteiger partial charge in [0.1, 0.15) is 0 Å². The fourth-order valence-corrected chi connectivity index (χ4v) is 4.52. The SMILES string of the molecule is COc1ccc(S(=O)(=O)NCC2CCN(Cc3cccnc3)CC2)cc1OC. The molecule has 0 saturated carbocycles. The Morgan fingerprint density at radius 3 is 2.54 bits per heavy atom. The van der Waals surface area contributed by atoms with Gasteiger partial charge in [0.25, 0.3) is 0 Å². The number of nitrogens with zero attached hydrogens (tertiary/aromatic N) is 2. The molecule has 3 rings (SSSR count).